The number of aryl methyl sites for hydroxylation is 1. The Bertz CT molecular complexity index is 572. The lowest BCUT2D eigenvalue weighted by atomic mass is 9.89. The smallest absolute Gasteiger partial charge is 0.280 e. The molecule has 22 heavy (non-hydrogen) atoms. The van der Waals surface area contributed by atoms with Crippen LogP contribution in [0.5, 0.6) is 5.75 Å². The number of rotatable bonds is 4. The van der Waals surface area contributed by atoms with Gasteiger partial charge in [-0.1, -0.05) is 18.5 Å². The normalized spacial score (nSPS) is 21.5. The highest BCUT2D eigenvalue weighted by Gasteiger charge is 2.17. The molecular weight excluding hydrogens is 300 g/mol. The first-order valence-corrected chi connectivity index (χ1v) is 8.11. The number of halogens is 1. The molecule has 1 aliphatic carbocycles. The van der Waals surface area contributed by atoms with Gasteiger partial charge in [0.25, 0.3) is 5.91 Å². The Morgan fingerprint density at radius 3 is 2.95 bits per heavy atom. The molecular formula is C17H23ClN2O2. The number of benzene rings is 1. The van der Waals surface area contributed by atoms with Crippen LogP contribution in [-0.2, 0) is 4.79 Å². The van der Waals surface area contributed by atoms with E-state index in [0.29, 0.717) is 16.7 Å². The zero-order valence-electron chi connectivity index (χ0n) is 13.4. The fourth-order valence-corrected chi connectivity index (χ4v) is 2.80. The third kappa shape index (κ3) is 4.73. The first-order valence-electron chi connectivity index (χ1n) is 7.74. The van der Waals surface area contributed by atoms with E-state index in [1.165, 1.54) is 6.42 Å². The Morgan fingerprint density at radius 1 is 1.50 bits per heavy atom. The molecule has 120 valence electrons. The van der Waals surface area contributed by atoms with Gasteiger partial charge in [0, 0.05) is 10.7 Å². The van der Waals surface area contributed by atoms with E-state index >= 15 is 0 Å². The summed E-state index contributed by atoms with van der Waals surface area (Å²) in [6.45, 7) is 5.83. The number of nitrogens with one attached hydrogen (secondary N) is 1. The van der Waals surface area contributed by atoms with Crippen LogP contribution in [0.3, 0.4) is 0 Å². The van der Waals surface area contributed by atoms with E-state index in [1.807, 2.05) is 13.0 Å². The Balaban J connectivity index is 1.90. The van der Waals surface area contributed by atoms with Crippen molar-refractivity contribution >= 4 is 23.2 Å². The highest BCUT2D eigenvalue weighted by Crippen LogP contribution is 2.23. The van der Waals surface area contributed by atoms with E-state index in [4.69, 9.17) is 16.3 Å². The number of hydrogen-bond acceptors (Lipinski definition) is 3. The van der Waals surface area contributed by atoms with Gasteiger partial charge in [-0.05, 0) is 69.2 Å². The summed E-state index contributed by atoms with van der Waals surface area (Å²) >= 11 is 5.91. The Kier molecular flexibility index (Phi) is 5.83. The van der Waals surface area contributed by atoms with Crippen molar-refractivity contribution < 1.29 is 9.53 Å². The van der Waals surface area contributed by atoms with Crippen molar-refractivity contribution in [3.8, 4) is 5.75 Å². The monoisotopic (exact) mass is 322 g/mol. The van der Waals surface area contributed by atoms with Crippen LogP contribution in [0.1, 0.15) is 45.1 Å². The summed E-state index contributed by atoms with van der Waals surface area (Å²) in [6, 6.07) is 5.33. The Morgan fingerprint density at radius 2 is 2.27 bits per heavy atom. The molecule has 5 heteroatoms. The van der Waals surface area contributed by atoms with Crippen LogP contribution in [0.15, 0.2) is 23.3 Å². The second-order valence-electron chi connectivity index (χ2n) is 6.03. The number of carbonyl (C=O) groups excluding carboxylic acids is 1. The van der Waals surface area contributed by atoms with Gasteiger partial charge in [0.1, 0.15) is 5.75 Å². The Hall–Kier alpha value is -1.55. The van der Waals surface area contributed by atoms with Crippen molar-refractivity contribution in [3.63, 3.8) is 0 Å². The standard InChI is InChI=1S/C17H23ClN2O2/c1-11-5-4-6-15(9-11)19-20-17(21)13(3)22-16-8-7-14(18)10-12(16)2/h7-8,10-11,13H,4-6,9H2,1-3H3,(H,20,21). The molecule has 0 aromatic heterocycles. The van der Waals surface area contributed by atoms with Gasteiger partial charge in [-0.15, -0.1) is 0 Å². The lowest BCUT2D eigenvalue weighted by Crippen LogP contribution is -2.34. The molecule has 1 saturated carbocycles. The first kappa shape index (κ1) is 16.8. The van der Waals surface area contributed by atoms with Crippen molar-refractivity contribution in [3.05, 3.63) is 28.8 Å². The number of nitrogens with zero attached hydrogens (tertiary/aromatic N) is 1. The molecule has 0 bridgehead atoms. The first-order chi connectivity index (χ1) is 10.5. The van der Waals surface area contributed by atoms with Gasteiger partial charge in [0.2, 0.25) is 0 Å². The summed E-state index contributed by atoms with van der Waals surface area (Å²) < 4.78 is 5.68. The molecule has 0 aliphatic heterocycles. The van der Waals surface area contributed by atoms with E-state index in [-0.39, 0.29) is 5.91 Å². The van der Waals surface area contributed by atoms with Gasteiger partial charge in [0.15, 0.2) is 6.10 Å². The van der Waals surface area contributed by atoms with Crippen LogP contribution in [0, 0.1) is 12.8 Å². The number of amides is 1. The molecule has 0 heterocycles. The van der Waals surface area contributed by atoms with Crippen molar-refractivity contribution in [1.29, 1.82) is 0 Å². The zero-order chi connectivity index (χ0) is 16.1. The van der Waals surface area contributed by atoms with Crippen LogP contribution < -0.4 is 10.2 Å². The van der Waals surface area contributed by atoms with Crippen LogP contribution in [0.2, 0.25) is 5.02 Å². The minimum Gasteiger partial charge on any atom is -0.481 e. The topological polar surface area (TPSA) is 50.7 Å². The molecule has 2 unspecified atom stereocenters. The number of carbonyl (C=O) groups is 1. The average Bonchev–Trinajstić information content (AvgIpc) is 2.47. The van der Waals surface area contributed by atoms with Gasteiger partial charge >= 0.3 is 0 Å². The van der Waals surface area contributed by atoms with Gasteiger partial charge in [0.05, 0.1) is 0 Å². The fourth-order valence-electron chi connectivity index (χ4n) is 2.58. The molecule has 2 rings (SSSR count). The SMILES string of the molecule is Cc1cc(Cl)ccc1OC(C)C(=O)NN=C1CCCC(C)C1. The van der Waals surface area contributed by atoms with Crippen molar-refractivity contribution in [2.45, 2.75) is 52.6 Å². The molecule has 0 spiro atoms. The summed E-state index contributed by atoms with van der Waals surface area (Å²) in [5, 5.41) is 4.90. The molecule has 1 N–H and O–H groups in total. The highest BCUT2D eigenvalue weighted by molar-refractivity contribution is 6.30. The van der Waals surface area contributed by atoms with Crippen LogP contribution >= 0.6 is 11.6 Å². The van der Waals surface area contributed by atoms with E-state index in [0.717, 1.165) is 30.5 Å². The molecule has 1 amide bonds. The van der Waals surface area contributed by atoms with Gasteiger partial charge in [-0.25, -0.2) is 5.43 Å². The van der Waals surface area contributed by atoms with Crippen molar-refractivity contribution in [2.75, 3.05) is 0 Å². The molecule has 1 fully saturated rings. The number of ether oxygens (including phenoxy) is 1. The van der Waals surface area contributed by atoms with Gasteiger partial charge < -0.3 is 4.74 Å². The van der Waals surface area contributed by atoms with Crippen LogP contribution in [-0.4, -0.2) is 17.7 Å². The maximum atomic E-state index is 12.1. The van der Waals surface area contributed by atoms with Crippen molar-refractivity contribution in [1.82, 2.24) is 5.43 Å². The molecule has 1 aliphatic rings. The summed E-state index contributed by atoms with van der Waals surface area (Å²) in [4.78, 5) is 12.1. The highest BCUT2D eigenvalue weighted by atomic mass is 35.5. The Labute approximate surface area is 136 Å². The lowest BCUT2D eigenvalue weighted by molar-refractivity contribution is -0.127. The maximum Gasteiger partial charge on any atom is 0.280 e. The van der Waals surface area contributed by atoms with E-state index in [2.05, 4.69) is 17.5 Å². The van der Waals surface area contributed by atoms with E-state index < -0.39 is 6.10 Å². The molecule has 2 atom stereocenters. The summed E-state index contributed by atoms with van der Waals surface area (Å²) in [5.74, 6) is 1.07. The molecule has 4 nitrogen and oxygen atoms in total. The summed E-state index contributed by atoms with van der Waals surface area (Å²) in [7, 11) is 0. The second-order valence-corrected chi connectivity index (χ2v) is 6.46. The fraction of sp³-hybridized carbons (Fsp3) is 0.529. The predicted octanol–water partition coefficient (Wildman–Crippen LogP) is 4.10. The largest absolute Gasteiger partial charge is 0.481 e. The van der Waals surface area contributed by atoms with Gasteiger partial charge in [-0.3, -0.25) is 4.79 Å². The molecule has 0 saturated heterocycles. The van der Waals surface area contributed by atoms with E-state index in [1.54, 1.807) is 19.1 Å². The predicted molar refractivity (Wildman–Crippen MR) is 89.5 cm³/mol. The lowest BCUT2D eigenvalue weighted by Gasteiger charge is -2.19. The number of hydrazone groups is 1. The molecule has 0 radical (unpaired) electrons. The van der Waals surface area contributed by atoms with Crippen LogP contribution in [0.25, 0.3) is 0 Å². The number of hydrogen-bond donors (Lipinski definition) is 1. The third-order valence-electron chi connectivity index (χ3n) is 3.88. The van der Waals surface area contributed by atoms with Crippen molar-refractivity contribution in [2.24, 2.45) is 11.0 Å². The molecule has 1 aromatic carbocycles. The van der Waals surface area contributed by atoms with E-state index in [9.17, 15) is 4.79 Å². The van der Waals surface area contributed by atoms with Gasteiger partial charge in [-0.2, -0.15) is 5.10 Å². The minimum atomic E-state index is -0.606. The quantitative estimate of drug-likeness (QED) is 0.848. The summed E-state index contributed by atoms with van der Waals surface area (Å²) in [5.41, 5.74) is 4.60. The molecule has 1 aromatic rings. The third-order valence-corrected chi connectivity index (χ3v) is 4.12. The zero-order valence-corrected chi connectivity index (χ0v) is 14.1. The summed E-state index contributed by atoms with van der Waals surface area (Å²) in [6.07, 6.45) is 3.71. The minimum absolute atomic E-state index is 0.236. The maximum absolute atomic E-state index is 12.1. The second kappa shape index (κ2) is 7.63. The average molecular weight is 323 g/mol. The van der Waals surface area contributed by atoms with Crippen LogP contribution in [0.4, 0.5) is 0 Å².